The lowest BCUT2D eigenvalue weighted by molar-refractivity contribution is -0.366. The molecule has 0 amide bonds. The van der Waals surface area contributed by atoms with E-state index >= 15 is 0 Å². The minimum atomic E-state index is -1.03. The van der Waals surface area contributed by atoms with Crippen molar-refractivity contribution < 1.29 is 47.4 Å². The van der Waals surface area contributed by atoms with Gasteiger partial charge in [0.2, 0.25) is 0 Å². The lowest BCUT2D eigenvalue weighted by Crippen LogP contribution is -2.65. The Hall–Kier alpha value is -5.01. The Morgan fingerprint density at radius 2 is 0.850 bits per heavy atom. The summed E-state index contributed by atoms with van der Waals surface area (Å²) in [5.41, 5.74) is 4.24. The summed E-state index contributed by atoms with van der Waals surface area (Å²) in [7, 11) is 0. The maximum atomic E-state index is 13.7. The summed E-state index contributed by atoms with van der Waals surface area (Å²) in [4.78, 5) is 13.7. The molecule has 10 nitrogen and oxygen atoms in total. The predicted octanol–water partition coefficient (Wildman–Crippen LogP) is 8.63. The molecule has 7 rings (SSSR count). The van der Waals surface area contributed by atoms with E-state index < -0.39 is 67.4 Å². The van der Waals surface area contributed by atoms with Crippen molar-refractivity contribution >= 4 is 5.97 Å². The predicted molar refractivity (Wildman–Crippen MR) is 225 cm³/mol. The average Bonchev–Trinajstić information content (AvgIpc) is 3.29. The summed E-state index contributed by atoms with van der Waals surface area (Å²) in [6, 6.07) is 48.4. The van der Waals surface area contributed by atoms with Crippen LogP contribution >= 0.6 is 0 Å². The van der Waals surface area contributed by atoms with Crippen molar-refractivity contribution in [1.82, 2.24) is 0 Å². The fraction of sp³-hybridized carbons (Fsp3) is 0.340. The maximum Gasteiger partial charge on any atom is 0.338 e. The van der Waals surface area contributed by atoms with Crippen LogP contribution in [-0.2, 0) is 69.1 Å². The van der Waals surface area contributed by atoms with Crippen molar-refractivity contribution in [2.45, 2.75) is 102 Å². The van der Waals surface area contributed by atoms with Crippen molar-refractivity contribution in [2.24, 2.45) is 0 Å². The van der Waals surface area contributed by atoms with Crippen LogP contribution in [0.4, 0.5) is 0 Å². The van der Waals surface area contributed by atoms with Crippen molar-refractivity contribution in [3.8, 4) is 0 Å². The molecule has 2 fully saturated rings. The molecule has 0 aliphatic carbocycles. The molecule has 5 aromatic rings. The lowest BCUT2D eigenvalue weighted by atomic mass is 9.96. The van der Waals surface area contributed by atoms with Gasteiger partial charge in [0.25, 0.3) is 0 Å². The first-order valence-corrected chi connectivity index (χ1v) is 20.5. The van der Waals surface area contributed by atoms with E-state index in [1.54, 1.807) is 30.3 Å². The fourth-order valence-corrected chi connectivity index (χ4v) is 7.42. The van der Waals surface area contributed by atoms with Crippen molar-refractivity contribution in [1.29, 1.82) is 0 Å². The number of esters is 1. The van der Waals surface area contributed by atoms with Crippen molar-refractivity contribution in [2.75, 3.05) is 6.61 Å². The molecule has 60 heavy (non-hydrogen) atoms. The Bertz CT molecular complexity index is 2000. The zero-order valence-electron chi connectivity index (χ0n) is 34.1. The van der Waals surface area contributed by atoms with E-state index in [4.69, 9.17) is 42.6 Å². The van der Waals surface area contributed by atoms with Crippen LogP contribution < -0.4 is 0 Å². The van der Waals surface area contributed by atoms with Crippen LogP contribution in [0.1, 0.15) is 46.5 Å². The van der Waals surface area contributed by atoms with Crippen LogP contribution in [0.3, 0.4) is 0 Å². The van der Waals surface area contributed by atoms with Crippen LogP contribution in [0.15, 0.2) is 164 Å². The number of hydrogen-bond acceptors (Lipinski definition) is 10. The van der Waals surface area contributed by atoms with E-state index in [9.17, 15) is 4.79 Å². The topological polar surface area (TPSA) is 100 Å². The van der Waals surface area contributed by atoms with E-state index in [1.165, 1.54) is 0 Å². The second-order valence-electron chi connectivity index (χ2n) is 14.9. The number of rotatable bonds is 19. The second kappa shape index (κ2) is 22.0. The van der Waals surface area contributed by atoms with Crippen LogP contribution in [0, 0.1) is 0 Å². The molecule has 2 aliphatic heterocycles. The normalized spacial score (nSPS) is 26.6. The van der Waals surface area contributed by atoms with Gasteiger partial charge >= 0.3 is 5.97 Å². The summed E-state index contributed by atoms with van der Waals surface area (Å²) < 4.78 is 59.9. The first-order chi connectivity index (χ1) is 29.5. The van der Waals surface area contributed by atoms with E-state index in [1.807, 2.05) is 141 Å². The minimum Gasteiger partial charge on any atom is -0.453 e. The van der Waals surface area contributed by atoms with Crippen LogP contribution in [-0.4, -0.2) is 74.0 Å². The van der Waals surface area contributed by atoms with Gasteiger partial charge in [-0.15, -0.1) is 6.58 Å². The Morgan fingerprint density at radius 3 is 1.30 bits per heavy atom. The first kappa shape index (κ1) is 43.1. The van der Waals surface area contributed by atoms with Gasteiger partial charge < -0.3 is 42.6 Å². The first-order valence-electron chi connectivity index (χ1n) is 20.5. The van der Waals surface area contributed by atoms with Gasteiger partial charge in [0.05, 0.1) is 50.8 Å². The standard InChI is InChI=1S/C50H54O10/c1-4-30-52-49-46(55-33-39-24-14-7-15-25-39)45(54-32-38-22-12-6-13-23-38)43(36(3)57-49)60-50-47(56-34-40-26-16-8-17-27-40)44(53-31-37-20-10-5-11-21-37)42(35(2)58-50)59-48(51)41-28-18-9-19-29-41/h4-29,35-36,42-47,49-50H,1,30-34H2,2-3H3/t35-,36+,42-,43+,44+,45-,46-,47+,49?,50?/m0/s1. The van der Waals surface area contributed by atoms with E-state index in [-0.39, 0.29) is 33.0 Å². The molecular weight excluding hydrogens is 761 g/mol. The molecule has 2 saturated heterocycles. The van der Waals surface area contributed by atoms with Crippen LogP contribution in [0.25, 0.3) is 0 Å². The quantitative estimate of drug-likeness (QED) is 0.0595. The summed E-state index contributed by atoms with van der Waals surface area (Å²) in [5, 5.41) is 0. The van der Waals surface area contributed by atoms with E-state index in [2.05, 4.69) is 6.58 Å². The number of carbonyl (C=O) groups excluding carboxylic acids is 1. The molecular formula is C50H54O10. The summed E-state index contributed by atoms with van der Waals surface area (Å²) in [5.74, 6) is -0.502. The zero-order valence-corrected chi connectivity index (χ0v) is 34.1. The Morgan fingerprint density at radius 1 is 0.483 bits per heavy atom. The molecule has 10 atom stereocenters. The van der Waals surface area contributed by atoms with E-state index in [0.29, 0.717) is 5.56 Å². The van der Waals surface area contributed by atoms with Crippen molar-refractivity contribution in [3.05, 3.63) is 192 Å². The average molecular weight is 815 g/mol. The largest absolute Gasteiger partial charge is 0.453 e. The fourth-order valence-electron chi connectivity index (χ4n) is 7.42. The monoisotopic (exact) mass is 814 g/mol. The van der Waals surface area contributed by atoms with Gasteiger partial charge in [0.15, 0.2) is 18.7 Å². The molecule has 5 aromatic carbocycles. The van der Waals surface area contributed by atoms with Crippen LogP contribution in [0.5, 0.6) is 0 Å². The highest BCUT2D eigenvalue weighted by molar-refractivity contribution is 5.89. The molecule has 0 aromatic heterocycles. The maximum absolute atomic E-state index is 13.7. The highest BCUT2D eigenvalue weighted by Crippen LogP contribution is 2.36. The summed E-state index contributed by atoms with van der Waals surface area (Å²) in [6.07, 6.45) is -6.19. The summed E-state index contributed by atoms with van der Waals surface area (Å²) >= 11 is 0. The SMILES string of the molecule is C=CCOC1O[C@H](C)[C@@H](OC2O[C@@H](C)[C@H](OC(=O)c3ccccc3)[C@@H](OCc3ccccc3)[C@H]2OCc2ccccc2)[C@H](OCc2ccccc2)[C@@H]1OCc1ccccc1. The lowest BCUT2D eigenvalue weighted by Gasteiger charge is -2.49. The molecule has 314 valence electrons. The second-order valence-corrected chi connectivity index (χ2v) is 14.9. The zero-order chi connectivity index (χ0) is 41.5. The third-order valence-corrected chi connectivity index (χ3v) is 10.5. The molecule has 10 heteroatoms. The van der Waals surface area contributed by atoms with Gasteiger partial charge in [-0.1, -0.05) is 146 Å². The Balaban J connectivity index is 1.23. The molecule has 0 spiro atoms. The van der Waals surface area contributed by atoms with E-state index in [0.717, 1.165) is 22.3 Å². The highest BCUT2D eigenvalue weighted by Gasteiger charge is 2.53. The highest BCUT2D eigenvalue weighted by atomic mass is 16.8. The number of benzene rings is 5. The van der Waals surface area contributed by atoms with Crippen molar-refractivity contribution in [3.63, 3.8) is 0 Å². The molecule has 2 aliphatic rings. The van der Waals surface area contributed by atoms with Gasteiger partial charge in [-0.3, -0.25) is 0 Å². The van der Waals surface area contributed by atoms with Gasteiger partial charge in [0, 0.05) is 0 Å². The molecule has 0 N–H and O–H groups in total. The number of hydrogen-bond donors (Lipinski definition) is 0. The molecule has 2 unspecified atom stereocenters. The molecule has 2 heterocycles. The summed E-state index contributed by atoms with van der Waals surface area (Å²) in [6.45, 7) is 8.84. The molecule has 0 saturated carbocycles. The Kier molecular flexibility index (Phi) is 15.8. The smallest absolute Gasteiger partial charge is 0.338 e. The molecule has 0 radical (unpaired) electrons. The number of ether oxygens (including phenoxy) is 9. The Labute approximate surface area is 352 Å². The van der Waals surface area contributed by atoms with Gasteiger partial charge in [-0.2, -0.15) is 0 Å². The molecule has 0 bridgehead atoms. The third-order valence-electron chi connectivity index (χ3n) is 10.5. The van der Waals surface area contributed by atoms with Gasteiger partial charge in [-0.25, -0.2) is 4.79 Å². The third kappa shape index (κ3) is 11.6. The van der Waals surface area contributed by atoms with Crippen LogP contribution in [0.2, 0.25) is 0 Å². The number of carbonyl (C=O) groups is 1. The van der Waals surface area contributed by atoms with Gasteiger partial charge in [0.1, 0.15) is 30.5 Å². The van der Waals surface area contributed by atoms with Gasteiger partial charge in [-0.05, 0) is 48.2 Å². The minimum absolute atomic E-state index is 0.207.